The van der Waals surface area contributed by atoms with Crippen molar-refractivity contribution in [3.63, 3.8) is 0 Å². The van der Waals surface area contributed by atoms with Crippen LogP contribution in [0.5, 0.6) is 0 Å². The molecule has 0 rings (SSSR count). The van der Waals surface area contributed by atoms with Crippen LogP contribution in [0.15, 0.2) is 0 Å². The summed E-state index contributed by atoms with van der Waals surface area (Å²) in [5, 5.41) is 8.60. The van der Waals surface area contributed by atoms with Gasteiger partial charge in [-0.2, -0.15) is 11.8 Å². The van der Waals surface area contributed by atoms with Crippen molar-refractivity contribution in [3.05, 3.63) is 0 Å². The number of methoxy groups -OCH3 is 1. The topological polar surface area (TPSA) is 72.5 Å². The number of thioether (sulfide) groups is 1. The molecule has 0 aliphatic heterocycles. The molecule has 0 bridgehead atoms. The predicted molar refractivity (Wildman–Crippen MR) is 44.6 cm³/mol. The van der Waals surface area contributed by atoms with Crippen molar-refractivity contribution in [1.82, 2.24) is 0 Å². The highest BCUT2D eigenvalue weighted by molar-refractivity contribution is 7.98. The Morgan fingerprint density at radius 2 is 2.36 bits per heavy atom. The van der Waals surface area contributed by atoms with E-state index >= 15 is 0 Å². The number of hydrogen-bond donors (Lipinski definition) is 2. The molecular weight excluding hydrogens is 166 g/mol. The maximum absolute atomic E-state index is 10.5. The zero-order chi connectivity index (χ0) is 8.91. The number of carboxylic acid groups (broad SMARTS) is 1. The third kappa shape index (κ3) is 3.09. The number of rotatable bonds is 5. The molecule has 0 radical (unpaired) electrons. The molecule has 1 atom stereocenters. The molecule has 0 heterocycles. The summed E-state index contributed by atoms with van der Waals surface area (Å²) in [6, 6.07) is 0. The summed E-state index contributed by atoms with van der Waals surface area (Å²) in [4.78, 5) is 10.5. The molecule has 0 spiro atoms. The average Bonchev–Trinajstić information content (AvgIpc) is 2.00. The van der Waals surface area contributed by atoms with E-state index < -0.39 is 11.7 Å². The molecule has 0 aromatic heterocycles. The molecule has 11 heavy (non-hydrogen) atoms. The van der Waals surface area contributed by atoms with Crippen LogP contribution in [0.3, 0.4) is 0 Å². The highest BCUT2D eigenvalue weighted by atomic mass is 32.2. The number of carboxylic acids is 1. The van der Waals surface area contributed by atoms with Gasteiger partial charge in [0.2, 0.25) is 5.72 Å². The van der Waals surface area contributed by atoms with Crippen LogP contribution in [-0.2, 0) is 9.53 Å². The lowest BCUT2D eigenvalue weighted by atomic mass is 10.2. The first-order valence-corrected chi connectivity index (χ1v) is 4.52. The van der Waals surface area contributed by atoms with E-state index in [-0.39, 0.29) is 0 Å². The van der Waals surface area contributed by atoms with Gasteiger partial charge in [0.15, 0.2) is 0 Å². The largest absolute Gasteiger partial charge is 0.478 e. The summed E-state index contributed by atoms with van der Waals surface area (Å²) in [7, 11) is 1.30. The lowest BCUT2D eigenvalue weighted by molar-refractivity contribution is -0.161. The van der Waals surface area contributed by atoms with E-state index in [9.17, 15) is 4.79 Å². The summed E-state index contributed by atoms with van der Waals surface area (Å²) < 4.78 is 4.67. The molecule has 4 nitrogen and oxygen atoms in total. The standard InChI is InChI=1S/C6H13NO3S/c1-10-6(7,5(8)9)3-4-11-2/h3-4,7H2,1-2H3,(H,8,9). The maximum Gasteiger partial charge on any atom is 0.351 e. The molecule has 1 unspecified atom stereocenters. The van der Waals surface area contributed by atoms with Crippen LogP contribution in [0.25, 0.3) is 0 Å². The lowest BCUT2D eigenvalue weighted by Crippen LogP contribution is -2.50. The zero-order valence-electron chi connectivity index (χ0n) is 6.66. The highest BCUT2D eigenvalue weighted by Gasteiger charge is 2.32. The molecule has 0 aromatic carbocycles. The van der Waals surface area contributed by atoms with Gasteiger partial charge in [-0.25, -0.2) is 4.79 Å². The van der Waals surface area contributed by atoms with Crippen LogP contribution in [0.4, 0.5) is 0 Å². The second kappa shape index (κ2) is 4.58. The summed E-state index contributed by atoms with van der Waals surface area (Å²) in [6.07, 6.45) is 2.21. The van der Waals surface area contributed by atoms with Crippen molar-refractivity contribution in [2.24, 2.45) is 5.73 Å². The van der Waals surface area contributed by atoms with Gasteiger partial charge in [0, 0.05) is 13.5 Å². The van der Waals surface area contributed by atoms with E-state index in [0.29, 0.717) is 12.2 Å². The number of carbonyl (C=O) groups is 1. The lowest BCUT2D eigenvalue weighted by Gasteiger charge is -2.21. The van der Waals surface area contributed by atoms with E-state index in [1.165, 1.54) is 18.9 Å². The van der Waals surface area contributed by atoms with Crippen molar-refractivity contribution in [3.8, 4) is 0 Å². The number of aliphatic carboxylic acids is 1. The minimum Gasteiger partial charge on any atom is -0.478 e. The van der Waals surface area contributed by atoms with Gasteiger partial charge in [0.25, 0.3) is 0 Å². The van der Waals surface area contributed by atoms with Gasteiger partial charge in [-0.1, -0.05) is 0 Å². The maximum atomic E-state index is 10.5. The molecule has 3 N–H and O–H groups in total. The fourth-order valence-corrected chi connectivity index (χ4v) is 1.06. The molecule has 66 valence electrons. The quantitative estimate of drug-likeness (QED) is 0.587. The Morgan fingerprint density at radius 3 is 2.64 bits per heavy atom. The molecular formula is C6H13NO3S. The fourth-order valence-electron chi connectivity index (χ4n) is 0.550. The van der Waals surface area contributed by atoms with Gasteiger partial charge in [-0.3, -0.25) is 5.73 Å². The molecule has 0 amide bonds. The van der Waals surface area contributed by atoms with Crippen molar-refractivity contribution in [1.29, 1.82) is 0 Å². The van der Waals surface area contributed by atoms with Crippen molar-refractivity contribution < 1.29 is 14.6 Å². The van der Waals surface area contributed by atoms with Crippen molar-refractivity contribution in [2.45, 2.75) is 12.1 Å². The first-order valence-electron chi connectivity index (χ1n) is 3.13. The minimum absolute atomic E-state index is 0.319. The van der Waals surface area contributed by atoms with Gasteiger partial charge < -0.3 is 9.84 Å². The first kappa shape index (κ1) is 10.7. The van der Waals surface area contributed by atoms with E-state index in [2.05, 4.69) is 4.74 Å². The third-order valence-electron chi connectivity index (χ3n) is 1.40. The van der Waals surface area contributed by atoms with E-state index in [1.807, 2.05) is 6.26 Å². The molecule has 0 aliphatic carbocycles. The fraction of sp³-hybridized carbons (Fsp3) is 0.833. The molecule has 5 heteroatoms. The second-order valence-electron chi connectivity index (χ2n) is 2.14. The van der Waals surface area contributed by atoms with Crippen molar-refractivity contribution in [2.75, 3.05) is 19.1 Å². The highest BCUT2D eigenvalue weighted by Crippen LogP contribution is 2.11. The Hall–Kier alpha value is -0.260. The number of ether oxygens (including phenoxy) is 1. The molecule has 0 saturated heterocycles. The third-order valence-corrected chi connectivity index (χ3v) is 2.02. The molecule has 0 fully saturated rings. The summed E-state index contributed by atoms with van der Waals surface area (Å²) in [5.41, 5.74) is 3.88. The van der Waals surface area contributed by atoms with Crippen LogP contribution in [0.2, 0.25) is 0 Å². The van der Waals surface area contributed by atoms with E-state index in [1.54, 1.807) is 0 Å². The van der Waals surface area contributed by atoms with E-state index in [0.717, 1.165) is 0 Å². The predicted octanol–water partition coefficient (Wildman–Crippen LogP) is 0.125. The van der Waals surface area contributed by atoms with Gasteiger partial charge in [-0.05, 0) is 12.0 Å². The normalized spacial score (nSPS) is 15.9. The Bertz CT molecular complexity index is 142. The molecule has 0 saturated carbocycles. The van der Waals surface area contributed by atoms with Crippen molar-refractivity contribution >= 4 is 17.7 Å². The van der Waals surface area contributed by atoms with Gasteiger partial charge in [0.05, 0.1) is 0 Å². The van der Waals surface area contributed by atoms with Gasteiger partial charge in [-0.15, -0.1) is 0 Å². The van der Waals surface area contributed by atoms with E-state index in [4.69, 9.17) is 10.8 Å². The Balaban J connectivity index is 3.99. The van der Waals surface area contributed by atoms with Crippen LogP contribution in [-0.4, -0.2) is 35.9 Å². The van der Waals surface area contributed by atoms with Crippen LogP contribution >= 0.6 is 11.8 Å². The minimum atomic E-state index is -1.51. The smallest absolute Gasteiger partial charge is 0.351 e. The Morgan fingerprint density at radius 1 is 1.82 bits per heavy atom. The first-order chi connectivity index (χ1) is 5.06. The Labute approximate surface area is 70.1 Å². The monoisotopic (exact) mass is 179 g/mol. The van der Waals surface area contributed by atoms with Gasteiger partial charge in [0.1, 0.15) is 0 Å². The molecule has 0 aromatic rings. The number of hydrogen-bond acceptors (Lipinski definition) is 4. The average molecular weight is 179 g/mol. The Kier molecular flexibility index (Phi) is 4.48. The summed E-state index contributed by atoms with van der Waals surface area (Å²) >= 11 is 1.54. The summed E-state index contributed by atoms with van der Waals surface area (Å²) in [5.74, 6) is -0.439. The van der Waals surface area contributed by atoms with Crippen LogP contribution < -0.4 is 5.73 Å². The second-order valence-corrected chi connectivity index (χ2v) is 3.13. The zero-order valence-corrected chi connectivity index (χ0v) is 7.48. The number of nitrogens with two attached hydrogens (primary N) is 1. The van der Waals surface area contributed by atoms with Gasteiger partial charge >= 0.3 is 5.97 Å². The van der Waals surface area contributed by atoms with Crippen LogP contribution in [0.1, 0.15) is 6.42 Å². The SMILES string of the molecule is COC(N)(CCSC)C(=O)O. The molecule has 0 aliphatic rings. The van der Waals surface area contributed by atoms with Crippen LogP contribution in [0, 0.1) is 0 Å². The summed E-state index contributed by atoms with van der Waals surface area (Å²) in [6.45, 7) is 0.